The zero-order chi connectivity index (χ0) is 58.4. The summed E-state index contributed by atoms with van der Waals surface area (Å²) in [6.45, 7) is 0. The molecule has 0 aliphatic rings. The van der Waals surface area contributed by atoms with Gasteiger partial charge in [-0.25, -0.2) is 0 Å². The molecule has 9 nitrogen and oxygen atoms in total. The summed E-state index contributed by atoms with van der Waals surface area (Å²) in [7, 11) is 0. The predicted octanol–water partition coefficient (Wildman–Crippen LogP) is 22.6. The molecule has 0 amide bonds. The normalized spacial score (nSPS) is 10.8. The quantitative estimate of drug-likeness (QED) is 0.0422. The Balaban J connectivity index is 1.08. The Hall–Kier alpha value is -11.9. The van der Waals surface area contributed by atoms with Gasteiger partial charge < -0.3 is 46.6 Å². The van der Waals surface area contributed by atoms with Crippen LogP contribution in [0.2, 0.25) is 0 Å². The van der Waals surface area contributed by atoms with E-state index in [1.807, 2.05) is 72.8 Å². The van der Waals surface area contributed by atoms with E-state index in [1.54, 1.807) is 0 Å². The molecule has 0 heterocycles. The summed E-state index contributed by atoms with van der Waals surface area (Å²) in [5, 5.41) is 22.7. The van der Waals surface area contributed by atoms with Gasteiger partial charge in [-0.3, -0.25) is 0 Å². The van der Waals surface area contributed by atoms with Crippen LogP contribution in [0.25, 0.3) is 0 Å². The van der Waals surface area contributed by atoms with Crippen LogP contribution in [0.4, 0.5) is 119 Å². The molecule has 13 rings (SSSR count). The molecular formula is C78H63N9. The van der Waals surface area contributed by atoms with Gasteiger partial charge in [-0.05, 0) is 182 Å². The van der Waals surface area contributed by atoms with Crippen molar-refractivity contribution < 1.29 is 0 Å². The third kappa shape index (κ3) is 13.1. The molecule has 0 atom stereocenters. The fourth-order valence-corrected chi connectivity index (χ4v) is 10.8. The maximum atomic E-state index is 3.87. The van der Waals surface area contributed by atoms with Crippen molar-refractivity contribution in [2.24, 2.45) is 0 Å². The van der Waals surface area contributed by atoms with Gasteiger partial charge in [0.1, 0.15) is 0 Å². The zero-order valence-electron chi connectivity index (χ0n) is 47.8. The lowest BCUT2D eigenvalue weighted by Crippen LogP contribution is -2.18. The van der Waals surface area contributed by atoms with Crippen LogP contribution >= 0.6 is 0 Å². The highest BCUT2D eigenvalue weighted by atomic mass is 15.2. The lowest BCUT2D eigenvalue weighted by Gasteiger charge is -2.34. The van der Waals surface area contributed by atoms with Crippen LogP contribution in [0, 0.1) is 0 Å². The van der Waals surface area contributed by atoms with Crippen molar-refractivity contribution in [1.29, 1.82) is 0 Å². The van der Waals surface area contributed by atoms with Crippen LogP contribution < -0.4 is 46.6 Å². The van der Waals surface area contributed by atoms with Crippen molar-refractivity contribution in [3.63, 3.8) is 0 Å². The molecule has 0 bridgehead atoms. The van der Waals surface area contributed by atoms with Crippen LogP contribution in [-0.2, 0) is 0 Å². The van der Waals surface area contributed by atoms with E-state index < -0.39 is 0 Å². The second-order valence-corrected chi connectivity index (χ2v) is 20.9. The Morgan fingerprint density at radius 1 is 0.149 bits per heavy atom. The Bertz CT molecular complexity index is 3860. The summed E-state index contributed by atoms with van der Waals surface area (Å²) >= 11 is 0. The number of rotatable bonds is 21. The minimum Gasteiger partial charge on any atom is -0.355 e. The van der Waals surface area contributed by atoms with Gasteiger partial charge in [0.2, 0.25) is 0 Å². The molecule has 0 saturated heterocycles. The van der Waals surface area contributed by atoms with Crippen LogP contribution in [0.1, 0.15) is 0 Å². The highest BCUT2D eigenvalue weighted by Gasteiger charge is 2.26. The standard InChI is InChI=1S/C78H63N9/c1-10-28-58(29-11-1)79-64-46-49-76(73(52-64)82-61-34-16-4-17-35-61)85(67-40-22-7-23-41-67)70-55-71(86(68-42-24-8-25-43-68)77-50-47-65(80-59-30-12-2-13-31-59)53-74(77)83-62-36-18-5-19-37-62)57-72(56-70)87(69-44-26-9-27-45-69)78-51-48-66(81-60-32-14-3-15-33-60)54-75(78)84-63-38-20-6-21-39-63/h1-57,79-84H. The molecule has 13 aromatic rings. The van der Waals surface area contributed by atoms with E-state index >= 15 is 0 Å². The molecular weight excluding hydrogens is 1060 g/mol. The molecule has 0 saturated carbocycles. The molecule has 0 radical (unpaired) electrons. The number of benzene rings is 13. The Morgan fingerprint density at radius 2 is 0.345 bits per heavy atom. The van der Waals surface area contributed by atoms with E-state index in [0.717, 1.165) is 119 Å². The fraction of sp³-hybridized carbons (Fsp3) is 0. The van der Waals surface area contributed by atoms with Crippen LogP contribution in [0.3, 0.4) is 0 Å². The molecule has 6 N–H and O–H groups in total. The SMILES string of the molecule is c1ccc(Nc2ccc(N(c3ccccc3)c3cc(N(c4ccccc4)c4ccc(Nc5ccccc5)cc4Nc4ccccc4)cc(N(c4ccccc4)c4ccc(Nc5ccccc5)cc4Nc4ccccc4)c3)c(Nc3ccccc3)c2)cc1. The topological polar surface area (TPSA) is 81.9 Å². The van der Waals surface area contributed by atoms with Crippen molar-refractivity contribution in [1.82, 2.24) is 0 Å². The summed E-state index contributed by atoms with van der Waals surface area (Å²) in [5.41, 5.74) is 19.7. The van der Waals surface area contributed by atoms with E-state index in [-0.39, 0.29) is 0 Å². The number of hydrogen-bond donors (Lipinski definition) is 6. The molecule has 0 spiro atoms. The van der Waals surface area contributed by atoms with E-state index in [4.69, 9.17) is 0 Å². The average molecular weight is 1130 g/mol. The second kappa shape index (κ2) is 26.1. The summed E-state index contributed by atoms with van der Waals surface area (Å²) < 4.78 is 0. The number of anilines is 21. The third-order valence-electron chi connectivity index (χ3n) is 14.8. The van der Waals surface area contributed by atoms with Gasteiger partial charge in [0.05, 0.1) is 51.2 Å². The predicted molar refractivity (Wildman–Crippen MR) is 369 cm³/mol. The first-order chi connectivity index (χ1) is 43.1. The smallest absolute Gasteiger partial charge is 0.0698 e. The van der Waals surface area contributed by atoms with Crippen LogP contribution in [-0.4, -0.2) is 0 Å². The summed E-state index contributed by atoms with van der Waals surface area (Å²) in [4.78, 5) is 7.09. The summed E-state index contributed by atoms with van der Waals surface area (Å²) in [6.07, 6.45) is 0. The second-order valence-electron chi connectivity index (χ2n) is 20.9. The highest BCUT2D eigenvalue weighted by Crippen LogP contribution is 2.51. The molecule has 0 fully saturated rings. The van der Waals surface area contributed by atoms with Gasteiger partial charge in [-0.15, -0.1) is 0 Å². The minimum absolute atomic E-state index is 0.893. The molecule has 0 aromatic heterocycles. The lowest BCUT2D eigenvalue weighted by atomic mass is 10.1. The first-order valence-electron chi connectivity index (χ1n) is 29.2. The van der Waals surface area contributed by atoms with Crippen LogP contribution in [0.5, 0.6) is 0 Å². The summed E-state index contributed by atoms with van der Waals surface area (Å²) in [5.74, 6) is 0. The van der Waals surface area contributed by atoms with E-state index in [9.17, 15) is 0 Å². The Morgan fingerprint density at radius 3 is 0.563 bits per heavy atom. The van der Waals surface area contributed by atoms with Gasteiger partial charge in [0.15, 0.2) is 0 Å². The molecule has 420 valence electrons. The fourth-order valence-electron chi connectivity index (χ4n) is 10.8. The molecule has 0 aliphatic carbocycles. The Kier molecular flexibility index (Phi) is 16.3. The summed E-state index contributed by atoms with van der Waals surface area (Å²) in [6, 6.07) is 121. The van der Waals surface area contributed by atoms with Crippen molar-refractivity contribution in [2.45, 2.75) is 0 Å². The first kappa shape index (κ1) is 54.3. The number of nitrogens with zero attached hydrogens (tertiary/aromatic N) is 3. The zero-order valence-corrected chi connectivity index (χ0v) is 47.8. The lowest BCUT2D eigenvalue weighted by molar-refractivity contribution is 1.22. The van der Waals surface area contributed by atoms with Gasteiger partial charge >= 0.3 is 0 Å². The maximum absolute atomic E-state index is 3.87. The largest absolute Gasteiger partial charge is 0.355 e. The van der Waals surface area contributed by atoms with Crippen LogP contribution in [0.15, 0.2) is 346 Å². The van der Waals surface area contributed by atoms with E-state index in [1.165, 1.54) is 0 Å². The molecule has 0 aliphatic heterocycles. The van der Waals surface area contributed by atoms with Gasteiger partial charge in [-0.1, -0.05) is 164 Å². The van der Waals surface area contributed by atoms with Crippen molar-refractivity contribution >= 4 is 119 Å². The first-order valence-corrected chi connectivity index (χ1v) is 29.2. The average Bonchev–Trinajstić information content (AvgIpc) is 2.89. The van der Waals surface area contributed by atoms with Crippen molar-refractivity contribution in [3.05, 3.63) is 346 Å². The van der Waals surface area contributed by atoms with Crippen molar-refractivity contribution in [3.8, 4) is 0 Å². The molecule has 87 heavy (non-hydrogen) atoms. The minimum atomic E-state index is 0.893. The van der Waals surface area contributed by atoms with E-state index in [2.05, 4.69) is 320 Å². The molecule has 9 heteroatoms. The maximum Gasteiger partial charge on any atom is 0.0698 e. The monoisotopic (exact) mass is 1130 g/mol. The van der Waals surface area contributed by atoms with Gasteiger partial charge in [0.25, 0.3) is 0 Å². The number of nitrogens with one attached hydrogen (secondary N) is 6. The number of para-hydroxylation sites is 9. The van der Waals surface area contributed by atoms with Gasteiger partial charge in [-0.2, -0.15) is 0 Å². The molecule has 0 unspecified atom stereocenters. The van der Waals surface area contributed by atoms with Crippen molar-refractivity contribution in [2.75, 3.05) is 46.6 Å². The molecule has 13 aromatic carbocycles. The van der Waals surface area contributed by atoms with E-state index in [0.29, 0.717) is 0 Å². The number of hydrogen-bond acceptors (Lipinski definition) is 9. The Labute approximate surface area is 509 Å². The highest BCUT2D eigenvalue weighted by molar-refractivity contribution is 5.97. The third-order valence-corrected chi connectivity index (χ3v) is 14.8. The van der Waals surface area contributed by atoms with Gasteiger partial charge in [0, 0.05) is 68.2 Å².